The van der Waals surface area contributed by atoms with Gasteiger partial charge in [0.2, 0.25) is 0 Å². The van der Waals surface area contributed by atoms with Crippen LogP contribution in [0.15, 0.2) is 12.1 Å². The molecule has 0 heterocycles. The minimum Gasteiger partial charge on any atom is -0.384 e. The zero-order chi connectivity index (χ0) is 14.1. The molecule has 0 aromatic heterocycles. The Morgan fingerprint density at radius 2 is 1.50 bits per heavy atom. The van der Waals surface area contributed by atoms with Crippen molar-refractivity contribution in [2.75, 3.05) is 13.6 Å². The fourth-order valence-corrected chi connectivity index (χ4v) is 2.68. The maximum atomic E-state index is 10.6. The molecule has 0 saturated carbocycles. The minimum absolute atomic E-state index is 0.142. The molecule has 0 bridgehead atoms. The summed E-state index contributed by atoms with van der Waals surface area (Å²) >= 11 is 0. The van der Waals surface area contributed by atoms with Gasteiger partial charge in [-0.2, -0.15) is 0 Å². The van der Waals surface area contributed by atoms with Crippen molar-refractivity contribution in [2.45, 2.75) is 52.6 Å². The first-order chi connectivity index (χ1) is 8.09. The smallest absolute Gasteiger partial charge is 0.0997 e. The third-order valence-corrected chi connectivity index (χ3v) is 3.46. The largest absolute Gasteiger partial charge is 0.384 e. The summed E-state index contributed by atoms with van der Waals surface area (Å²) in [4.78, 5) is 0. The van der Waals surface area contributed by atoms with Crippen molar-refractivity contribution >= 4 is 0 Å². The van der Waals surface area contributed by atoms with Gasteiger partial charge in [-0.05, 0) is 55.5 Å². The molecule has 0 aliphatic rings. The van der Waals surface area contributed by atoms with Crippen molar-refractivity contribution in [1.29, 1.82) is 0 Å². The number of benzene rings is 1. The van der Waals surface area contributed by atoms with E-state index in [0.29, 0.717) is 6.54 Å². The molecule has 1 aromatic rings. The van der Waals surface area contributed by atoms with Crippen molar-refractivity contribution < 1.29 is 5.11 Å². The summed E-state index contributed by atoms with van der Waals surface area (Å²) in [6, 6.07) is 4.40. The van der Waals surface area contributed by atoms with Crippen LogP contribution in [-0.4, -0.2) is 18.7 Å². The molecule has 0 aliphatic carbocycles. The van der Waals surface area contributed by atoms with Gasteiger partial charge in [-0.15, -0.1) is 0 Å². The molecule has 0 fully saturated rings. The predicted molar refractivity (Wildman–Crippen MR) is 78.1 cm³/mol. The highest BCUT2D eigenvalue weighted by Gasteiger charge is 2.27. The molecule has 1 unspecified atom stereocenters. The highest BCUT2D eigenvalue weighted by molar-refractivity contribution is 5.43. The van der Waals surface area contributed by atoms with E-state index < -0.39 is 5.60 Å². The van der Waals surface area contributed by atoms with E-state index in [4.69, 9.17) is 0 Å². The lowest BCUT2D eigenvalue weighted by molar-refractivity contribution is 0.0578. The van der Waals surface area contributed by atoms with Crippen molar-refractivity contribution in [1.82, 2.24) is 5.32 Å². The van der Waals surface area contributed by atoms with Crippen LogP contribution in [0.4, 0.5) is 0 Å². The average Bonchev–Trinajstić information content (AvgIpc) is 2.13. The molecule has 0 spiro atoms. The first-order valence-corrected chi connectivity index (χ1v) is 6.59. The number of hydrogen-bond donors (Lipinski definition) is 2. The molecular weight excluding hydrogens is 222 g/mol. The number of rotatable bonds is 3. The Morgan fingerprint density at radius 3 is 1.83 bits per heavy atom. The lowest BCUT2D eigenvalue weighted by Crippen LogP contribution is -2.35. The normalized spacial score (nSPS) is 15.6. The Bertz CT molecular complexity index is 404. The standard InChI is InChI=1S/C16H27NO/c1-11-8-13(15(3,4)5)9-12(2)14(11)16(6,18)10-17-7/h8-9,17-18H,10H2,1-7H3. The molecule has 2 heteroatoms. The first kappa shape index (κ1) is 15.2. The number of aryl methyl sites for hydroxylation is 2. The molecule has 2 nitrogen and oxygen atoms in total. The Hall–Kier alpha value is -0.860. The third-order valence-electron chi connectivity index (χ3n) is 3.46. The predicted octanol–water partition coefficient (Wildman–Crippen LogP) is 3.03. The third kappa shape index (κ3) is 3.12. The molecule has 1 rings (SSSR count). The Kier molecular flexibility index (Phi) is 4.24. The van der Waals surface area contributed by atoms with E-state index in [1.807, 2.05) is 14.0 Å². The van der Waals surface area contributed by atoms with Gasteiger partial charge in [-0.1, -0.05) is 32.9 Å². The van der Waals surface area contributed by atoms with Crippen molar-refractivity contribution in [3.8, 4) is 0 Å². The maximum Gasteiger partial charge on any atom is 0.0997 e. The summed E-state index contributed by atoms with van der Waals surface area (Å²) < 4.78 is 0. The second-order valence-corrected chi connectivity index (χ2v) is 6.54. The van der Waals surface area contributed by atoms with Gasteiger partial charge in [-0.25, -0.2) is 0 Å². The van der Waals surface area contributed by atoms with Crippen LogP contribution in [0.3, 0.4) is 0 Å². The molecule has 0 aliphatic heterocycles. The fraction of sp³-hybridized carbons (Fsp3) is 0.625. The lowest BCUT2D eigenvalue weighted by Gasteiger charge is -2.30. The lowest BCUT2D eigenvalue weighted by atomic mass is 9.80. The number of aliphatic hydroxyl groups is 1. The molecule has 1 aromatic carbocycles. The van der Waals surface area contributed by atoms with Gasteiger partial charge in [0.25, 0.3) is 0 Å². The van der Waals surface area contributed by atoms with Crippen LogP contribution >= 0.6 is 0 Å². The molecular formula is C16H27NO. The summed E-state index contributed by atoms with van der Waals surface area (Å²) in [6.45, 7) is 13.2. The van der Waals surface area contributed by atoms with Gasteiger partial charge in [0.15, 0.2) is 0 Å². The van der Waals surface area contributed by atoms with Crippen molar-refractivity contribution in [2.24, 2.45) is 0 Å². The maximum absolute atomic E-state index is 10.6. The van der Waals surface area contributed by atoms with E-state index in [-0.39, 0.29) is 5.41 Å². The van der Waals surface area contributed by atoms with Crippen molar-refractivity contribution in [3.05, 3.63) is 34.4 Å². The molecule has 102 valence electrons. The van der Waals surface area contributed by atoms with Crippen LogP contribution < -0.4 is 5.32 Å². The summed E-state index contributed by atoms with van der Waals surface area (Å²) in [7, 11) is 1.86. The quantitative estimate of drug-likeness (QED) is 0.863. The van der Waals surface area contributed by atoms with Crippen LogP contribution in [0.5, 0.6) is 0 Å². The number of likely N-dealkylation sites (N-methyl/N-ethyl adjacent to an activating group) is 1. The second kappa shape index (κ2) is 5.02. The van der Waals surface area contributed by atoms with Gasteiger partial charge in [0, 0.05) is 6.54 Å². The van der Waals surface area contributed by atoms with E-state index in [1.54, 1.807) is 0 Å². The summed E-state index contributed by atoms with van der Waals surface area (Å²) in [5, 5.41) is 13.6. The van der Waals surface area contributed by atoms with E-state index in [1.165, 1.54) is 16.7 Å². The average molecular weight is 249 g/mol. The Labute approximate surface area is 111 Å². The molecule has 0 amide bonds. The number of nitrogens with one attached hydrogen (secondary N) is 1. The monoisotopic (exact) mass is 249 g/mol. The van der Waals surface area contributed by atoms with Gasteiger partial charge in [0.1, 0.15) is 0 Å². The summed E-state index contributed by atoms with van der Waals surface area (Å²) in [5.41, 5.74) is 4.02. The van der Waals surface area contributed by atoms with Gasteiger partial charge in [-0.3, -0.25) is 0 Å². The fourth-order valence-electron chi connectivity index (χ4n) is 2.68. The van der Waals surface area contributed by atoms with Gasteiger partial charge in [0.05, 0.1) is 5.60 Å². The number of hydrogen-bond acceptors (Lipinski definition) is 2. The highest BCUT2D eigenvalue weighted by Crippen LogP contribution is 2.32. The summed E-state index contributed by atoms with van der Waals surface area (Å²) in [5.74, 6) is 0. The Morgan fingerprint density at radius 1 is 1.06 bits per heavy atom. The van der Waals surface area contributed by atoms with E-state index in [9.17, 15) is 5.11 Å². The second-order valence-electron chi connectivity index (χ2n) is 6.54. The minimum atomic E-state index is -0.820. The molecule has 1 atom stereocenters. The van der Waals surface area contributed by atoms with Crippen LogP contribution in [0.1, 0.15) is 49.9 Å². The Balaban J connectivity index is 3.33. The van der Waals surface area contributed by atoms with Gasteiger partial charge < -0.3 is 10.4 Å². The molecule has 18 heavy (non-hydrogen) atoms. The van der Waals surface area contributed by atoms with Crippen LogP contribution in [0, 0.1) is 13.8 Å². The zero-order valence-electron chi connectivity index (χ0n) is 12.8. The summed E-state index contributed by atoms with van der Waals surface area (Å²) in [6.07, 6.45) is 0. The van der Waals surface area contributed by atoms with Gasteiger partial charge >= 0.3 is 0 Å². The highest BCUT2D eigenvalue weighted by atomic mass is 16.3. The van der Waals surface area contributed by atoms with E-state index >= 15 is 0 Å². The van der Waals surface area contributed by atoms with Crippen LogP contribution in [0.25, 0.3) is 0 Å². The van der Waals surface area contributed by atoms with Crippen LogP contribution in [-0.2, 0) is 11.0 Å². The van der Waals surface area contributed by atoms with E-state index in [0.717, 1.165) is 5.56 Å². The SMILES string of the molecule is CNCC(C)(O)c1c(C)cc(C(C)(C)C)cc1C. The first-order valence-electron chi connectivity index (χ1n) is 6.59. The zero-order valence-corrected chi connectivity index (χ0v) is 12.8. The molecule has 2 N–H and O–H groups in total. The topological polar surface area (TPSA) is 32.3 Å². The van der Waals surface area contributed by atoms with E-state index in [2.05, 4.69) is 52.1 Å². The molecule has 0 radical (unpaired) electrons. The molecule has 0 saturated heterocycles. The van der Waals surface area contributed by atoms with Crippen molar-refractivity contribution in [3.63, 3.8) is 0 Å². The van der Waals surface area contributed by atoms with Crippen LogP contribution in [0.2, 0.25) is 0 Å².